The Kier molecular flexibility index (Phi) is 7.22. The fourth-order valence-corrected chi connectivity index (χ4v) is 5.03. The van der Waals surface area contributed by atoms with Crippen LogP contribution in [0.2, 0.25) is 0 Å². The molecule has 1 aliphatic carbocycles. The monoisotopic (exact) mass is 433 g/mol. The SMILES string of the molecule is CC(C)(C)C#Cc1cc(N2C(=O)[C@H](CCO)OC[C@H]2C2CCCCC2)c(C(=O)O)s1. The van der Waals surface area contributed by atoms with Crippen LogP contribution < -0.4 is 4.90 Å². The predicted molar refractivity (Wildman–Crippen MR) is 117 cm³/mol. The molecule has 164 valence electrons. The number of morpholine rings is 1. The van der Waals surface area contributed by atoms with Gasteiger partial charge < -0.3 is 19.8 Å². The highest BCUT2D eigenvalue weighted by Crippen LogP contribution is 2.39. The van der Waals surface area contributed by atoms with Gasteiger partial charge in [-0.1, -0.05) is 31.1 Å². The van der Waals surface area contributed by atoms with E-state index in [0.717, 1.165) is 37.0 Å². The van der Waals surface area contributed by atoms with E-state index in [2.05, 4.69) is 11.8 Å². The van der Waals surface area contributed by atoms with Gasteiger partial charge in [0.15, 0.2) is 0 Å². The van der Waals surface area contributed by atoms with E-state index >= 15 is 0 Å². The van der Waals surface area contributed by atoms with Crippen LogP contribution in [0.25, 0.3) is 0 Å². The number of hydrogen-bond donors (Lipinski definition) is 2. The lowest BCUT2D eigenvalue weighted by molar-refractivity contribution is -0.138. The van der Waals surface area contributed by atoms with Gasteiger partial charge in [-0.25, -0.2) is 4.79 Å². The van der Waals surface area contributed by atoms with Gasteiger partial charge in [0.1, 0.15) is 11.0 Å². The second-order valence-corrected chi connectivity index (χ2v) is 10.2. The van der Waals surface area contributed by atoms with Crippen molar-refractivity contribution in [3.05, 3.63) is 15.8 Å². The zero-order chi connectivity index (χ0) is 21.9. The Bertz CT molecular complexity index is 838. The number of anilines is 1. The van der Waals surface area contributed by atoms with Gasteiger partial charge in [-0.2, -0.15) is 0 Å². The van der Waals surface area contributed by atoms with Crippen LogP contribution in [0.5, 0.6) is 0 Å². The fraction of sp³-hybridized carbons (Fsp3) is 0.652. The van der Waals surface area contributed by atoms with Gasteiger partial charge in [-0.3, -0.25) is 4.79 Å². The first kappa shape index (κ1) is 22.8. The molecule has 3 rings (SSSR count). The molecule has 0 bridgehead atoms. The third-order valence-corrected chi connectivity index (χ3v) is 6.65. The summed E-state index contributed by atoms with van der Waals surface area (Å²) in [5, 5.41) is 19.2. The minimum absolute atomic E-state index is 0.131. The Morgan fingerprint density at radius 3 is 2.60 bits per heavy atom. The average molecular weight is 434 g/mol. The van der Waals surface area contributed by atoms with Gasteiger partial charge in [0.05, 0.1) is 23.2 Å². The molecule has 0 aromatic carbocycles. The van der Waals surface area contributed by atoms with E-state index in [4.69, 9.17) is 4.74 Å². The van der Waals surface area contributed by atoms with Crippen LogP contribution in [0, 0.1) is 23.2 Å². The number of aliphatic hydroxyl groups excluding tert-OH is 1. The van der Waals surface area contributed by atoms with Crippen molar-refractivity contribution in [1.29, 1.82) is 0 Å². The van der Waals surface area contributed by atoms with Crippen molar-refractivity contribution in [3.63, 3.8) is 0 Å². The lowest BCUT2D eigenvalue weighted by atomic mass is 9.82. The summed E-state index contributed by atoms with van der Waals surface area (Å²) in [6.07, 6.45) is 4.88. The maximum atomic E-state index is 13.3. The lowest BCUT2D eigenvalue weighted by Crippen LogP contribution is -2.57. The minimum atomic E-state index is -1.06. The number of nitrogens with zero attached hydrogens (tertiary/aromatic N) is 1. The molecule has 2 heterocycles. The summed E-state index contributed by atoms with van der Waals surface area (Å²) in [6.45, 7) is 6.19. The van der Waals surface area contributed by atoms with E-state index in [0.29, 0.717) is 17.2 Å². The van der Waals surface area contributed by atoms with Crippen LogP contribution in [0.15, 0.2) is 6.07 Å². The Morgan fingerprint density at radius 1 is 1.30 bits per heavy atom. The van der Waals surface area contributed by atoms with Crippen molar-refractivity contribution in [1.82, 2.24) is 0 Å². The third kappa shape index (κ3) is 5.23. The smallest absolute Gasteiger partial charge is 0.348 e. The number of carboxylic acid groups (broad SMARTS) is 1. The van der Waals surface area contributed by atoms with E-state index in [1.54, 1.807) is 11.0 Å². The molecular weight excluding hydrogens is 402 g/mol. The molecule has 7 heteroatoms. The van der Waals surface area contributed by atoms with Gasteiger partial charge >= 0.3 is 5.97 Å². The molecule has 2 fully saturated rings. The molecular formula is C23H31NO5S. The largest absolute Gasteiger partial charge is 0.477 e. The molecule has 1 saturated heterocycles. The van der Waals surface area contributed by atoms with Crippen LogP contribution in [-0.2, 0) is 9.53 Å². The molecule has 1 saturated carbocycles. The summed E-state index contributed by atoms with van der Waals surface area (Å²) in [7, 11) is 0. The first-order valence-corrected chi connectivity index (χ1v) is 11.5. The highest BCUT2D eigenvalue weighted by molar-refractivity contribution is 7.15. The van der Waals surface area contributed by atoms with Gasteiger partial charge in [-0.15, -0.1) is 11.3 Å². The summed E-state index contributed by atoms with van der Waals surface area (Å²) in [5.41, 5.74) is 0.205. The van der Waals surface area contributed by atoms with E-state index in [1.165, 1.54) is 6.42 Å². The van der Waals surface area contributed by atoms with E-state index < -0.39 is 12.1 Å². The number of thiophene rings is 1. The Labute approximate surface area is 182 Å². The van der Waals surface area contributed by atoms with Gasteiger partial charge in [0.25, 0.3) is 5.91 Å². The van der Waals surface area contributed by atoms with E-state index in [1.807, 2.05) is 20.8 Å². The Morgan fingerprint density at radius 2 is 2.00 bits per heavy atom. The standard InChI is InChI=1S/C23H31NO5S/c1-23(2,3)11-9-16-13-17(20(30-16)22(27)28)24-18(15-7-5-4-6-8-15)14-29-19(10-12-25)21(24)26/h13,15,18-19,25H,4-8,10,12,14H2,1-3H3,(H,27,28)/t18-,19-/m0/s1. The number of carboxylic acids is 1. The molecule has 1 amide bonds. The quantitative estimate of drug-likeness (QED) is 0.688. The zero-order valence-electron chi connectivity index (χ0n) is 17.9. The number of ether oxygens (including phenoxy) is 1. The van der Waals surface area contributed by atoms with Crippen LogP contribution in [-0.4, -0.2) is 47.4 Å². The van der Waals surface area contributed by atoms with Crippen molar-refractivity contribution >= 4 is 28.9 Å². The number of carbonyl (C=O) groups is 2. The summed E-state index contributed by atoms with van der Waals surface area (Å²) < 4.78 is 5.82. The van der Waals surface area contributed by atoms with Crippen molar-refractivity contribution < 1.29 is 24.5 Å². The molecule has 2 atom stereocenters. The number of hydrogen-bond acceptors (Lipinski definition) is 5. The maximum absolute atomic E-state index is 13.3. The van der Waals surface area contributed by atoms with Gasteiger partial charge in [0.2, 0.25) is 0 Å². The highest BCUT2D eigenvalue weighted by Gasteiger charge is 2.42. The maximum Gasteiger partial charge on any atom is 0.348 e. The molecule has 0 unspecified atom stereocenters. The van der Waals surface area contributed by atoms with Crippen molar-refractivity contribution in [2.24, 2.45) is 11.3 Å². The average Bonchev–Trinajstić information content (AvgIpc) is 3.12. The second kappa shape index (κ2) is 9.51. The number of carbonyl (C=O) groups excluding carboxylic acids is 1. The first-order chi connectivity index (χ1) is 14.2. The topological polar surface area (TPSA) is 87.1 Å². The number of amides is 1. The predicted octanol–water partition coefficient (Wildman–Crippen LogP) is 3.91. The second-order valence-electron chi connectivity index (χ2n) is 9.14. The molecule has 0 spiro atoms. The summed E-state index contributed by atoms with van der Waals surface area (Å²) >= 11 is 1.11. The molecule has 2 N–H and O–H groups in total. The number of aliphatic hydroxyl groups is 1. The van der Waals surface area contributed by atoms with Gasteiger partial charge in [0, 0.05) is 18.4 Å². The van der Waals surface area contributed by atoms with Crippen LogP contribution >= 0.6 is 11.3 Å². The van der Waals surface area contributed by atoms with E-state index in [9.17, 15) is 19.8 Å². The molecule has 0 radical (unpaired) electrons. The molecule has 1 aromatic heterocycles. The normalized spacial score (nSPS) is 23.2. The van der Waals surface area contributed by atoms with Gasteiger partial charge in [-0.05, 0) is 45.6 Å². The van der Waals surface area contributed by atoms with Crippen LogP contribution in [0.4, 0.5) is 5.69 Å². The lowest BCUT2D eigenvalue weighted by Gasteiger charge is -2.43. The number of aromatic carboxylic acids is 1. The Hall–Kier alpha value is -1.88. The third-order valence-electron chi connectivity index (χ3n) is 5.62. The summed E-state index contributed by atoms with van der Waals surface area (Å²) in [5.74, 6) is 5.18. The zero-order valence-corrected chi connectivity index (χ0v) is 18.8. The summed E-state index contributed by atoms with van der Waals surface area (Å²) in [4.78, 5) is 27.8. The van der Waals surface area contributed by atoms with Crippen LogP contribution in [0.1, 0.15) is 73.8 Å². The molecule has 30 heavy (non-hydrogen) atoms. The first-order valence-electron chi connectivity index (χ1n) is 10.7. The van der Waals surface area contributed by atoms with Crippen molar-refractivity contribution in [2.45, 2.75) is 71.4 Å². The molecule has 6 nitrogen and oxygen atoms in total. The minimum Gasteiger partial charge on any atom is -0.477 e. The Balaban J connectivity index is 2.03. The van der Waals surface area contributed by atoms with E-state index in [-0.39, 0.29) is 41.2 Å². The fourth-order valence-electron chi connectivity index (χ4n) is 4.19. The number of rotatable bonds is 5. The van der Waals surface area contributed by atoms with Crippen molar-refractivity contribution in [3.8, 4) is 11.8 Å². The van der Waals surface area contributed by atoms with Crippen molar-refractivity contribution in [2.75, 3.05) is 18.1 Å². The molecule has 1 aromatic rings. The summed E-state index contributed by atoms with van der Waals surface area (Å²) in [6, 6.07) is 1.55. The highest BCUT2D eigenvalue weighted by atomic mass is 32.1. The molecule has 2 aliphatic rings. The molecule has 1 aliphatic heterocycles. The van der Waals surface area contributed by atoms with Crippen LogP contribution in [0.3, 0.4) is 0 Å².